The highest BCUT2D eigenvalue weighted by Gasteiger charge is 2.19. The van der Waals surface area contributed by atoms with E-state index in [-0.39, 0.29) is 0 Å². The molecule has 0 amide bonds. The third-order valence-electron chi connectivity index (χ3n) is 11.0. The molecule has 11 aromatic rings. The van der Waals surface area contributed by atoms with E-state index in [1.54, 1.807) is 0 Å². The third kappa shape index (κ3) is 5.23. The molecule has 0 unspecified atom stereocenters. The topological polar surface area (TPSA) is 35.6 Å². The summed E-state index contributed by atoms with van der Waals surface area (Å²) in [6, 6.07) is 71.2. The fraction of sp³-hybridized carbons (Fsp3) is 0. The molecule has 0 aliphatic rings. The van der Waals surface area contributed by atoms with Crippen molar-refractivity contribution in [1.29, 1.82) is 0 Å². The number of aromatic nitrogens is 4. The van der Waals surface area contributed by atoms with Gasteiger partial charge in [0.15, 0.2) is 0 Å². The summed E-state index contributed by atoms with van der Waals surface area (Å²) in [7, 11) is 0. The minimum atomic E-state index is 0.935. The van der Waals surface area contributed by atoms with E-state index in [1.807, 2.05) is 18.3 Å². The summed E-state index contributed by atoms with van der Waals surface area (Å²) in [5, 5.41) is 3.60. The molecule has 4 heterocycles. The van der Waals surface area contributed by atoms with Crippen molar-refractivity contribution in [3.8, 4) is 56.1 Å². The first-order chi connectivity index (χ1) is 27.8. The molecule has 0 aliphatic carbocycles. The van der Waals surface area contributed by atoms with Crippen LogP contribution in [0, 0.1) is 0 Å². The van der Waals surface area contributed by atoms with Crippen molar-refractivity contribution in [1.82, 2.24) is 19.1 Å². The van der Waals surface area contributed by atoms with Gasteiger partial charge >= 0.3 is 0 Å². The highest BCUT2D eigenvalue weighted by Crippen LogP contribution is 2.40. The van der Waals surface area contributed by atoms with Crippen LogP contribution in [0.3, 0.4) is 0 Å². The average molecular weight is 715 g/mol. The first-order valence-corrected chi connectivity index (χ1v) is 19.0. The molecule has 4 heteroatoms. The molecule has 4 nitrogen and oxygen atoms in total. The second kappa shape index (κ2) is 13.1. The van der Waals surface area contributed by atoms with Crippen molar-refractivity contribution in [2.45, 2.75) is 0 Å². The molecule has 7 aromatic carbocycles. The van der Waals surface area contributed by atoms with Crippen molar-refractivity contribution in [3.63, 3.8) is 0 Å². The number of hydrogen-bond acceptors (Lipinski definition) is 2. The van der Waals surface area contributed by atoms with Crippen LogP contribution in [0.1, 0.15) is 0 Å². The molecule has 0 N–H and O–H groups in total. The van der Waals surface area contributed by atoms with Gasteiger partial charge in [-0.3, -0.25) is 4.98 Å². The number of para-hydroxylation sites is 3. The van der Waals surface area contributed by atoms with Gasteiger partial charge in [0.05, 0.1) is 39.0 Å². The zero-order valence-corrected chi connectivity index (χ0v) is 30.4. The molecular weight excluding hydrogens is 681 g/mol. The zero-order valence-electron chi connectivity index (χ0n) is 30.4. The predicted molar refractivity (Wildman–Crippen MR) is 232 cm³/mol. The van der Waals surface area contributed by atoms with E-state index in [4.69, 9.17) is 9.97 Å². The predicted octanol–water partition coefficient (Wildman–Crippen LogP) is 13.3. The Morgan fingerprint density at radius 2 is 0.946 bits per heavy atom. The second-order valence-corrected chi connectivity index (χ2v) is 14.2. The van der Waals surface area contributed by atoms with E-state index in [9.17, 15) is 0 Å². The first-order valence-electron chi connectivity index (χ1n) is 19.0. The highest BCUT2D eigenvalue weighted by atomic mass is 15.0. The van der Waals surface area contributed by atoms with Crippen molar-refractivity contribution in [2.75, 3.05) is 0 Å². The van der Waals surface area contributed by atoms with Crippen LogP contribution in [0.5, 0.6) is 0 Å². The molecule has 262 valence electrons. The normalized spacial score (nSPS) is 11.6. The minimum Gasteiger partial charge on any atom is -0.309 e. The first kappa shape index (κ1) is 31.9. The molecule has 0 spiro atoms. The van der Waals surface area contributed by atoms with E-state index >= 15 is 0 Å². The number of rotatable bonds is 6. The fourth-order valence-electron chi connectivity index (χ4n) is 8.39. The van der Waals surface area contributed by atoms with Gasteiger partial charge in [0.25, 0.3) is 0 Å². The highest BCUT2D eigenvalue weighted by molar-refractivity contribution is 6.15. The molecule has 0 bridgehead atoms. The Hall–Kier alpha value is -7.56. The standard InChI is InChI=1S/C52H34N4/c1-4-14-35(15-5-1)39-32-46(36-16-6-2-7-17-36)54-47(33-39)37-25-28-41(29-26-37)55-49-24-13-31-53-51(49)45-30-27-38(34-50(45)55)42-21-12-22-44-43-20-10-11-23-48(43)56(52(42)44)40-18-8-3-9-19-40/h1-34H. The van der Waals surface area contributed by atoms with Gasteiger partial charge in [0, 0.05) is 50.4 Å². The molecule has 0 aliphatic heterocycles. The Labute approximate surface area is 324 Å². The molecule has 0 fully saturated rings. The van der Waals surface area contributed by atoms with Gasteiger partial charge in [-0.25, -0.2) is 4.98 Å². The van der Waals surface area contributed by atoms with Crippen LogP contribution in [-0.2, 0) is 0 Å². The number of pyridine rings is 2. The van der Waals surface area contributed by atoms with Crippen LogP contribution in [0.4, 0.5) is 0 Å². The lowest BCUT2D eigenvalue weighted by Gasteiger charge is -2.13. The lowest BCUT2D eigenvalue weighted by molar-refractivity contribution is 1.17. The van der Waals surface area contributed by atoms with Crippen molar-refractivity contribution >= 4 is 43.7 Å². The van der Waals surface area contributed by atoms with Gasteiger partial charge in [0.2, 0.25) is 0 Å². The van der Waals surface area contributed by atoms with E-state index in [0.717, 1.165) is 67.0 Å². The summed E-state index contributed by atoms with van der Waals surface area (Å²) in [4.78, 5) is 10.1. The molecular formula is C52H34N4. The summed E-state index contributed by atoms with van der Waals surface area (Å²) < 4.78 is 4.76. The van der Waals surface area contributed by atoms with Crippen LogP contribution in [0.25, 0.3) is 99.9 Å². The maximum Gasteiger partial charge on any atom is 0.0963 e. The summed E-state index contributed by atoms with van der Waals surface area (Å²) in [5.41, 5.74) is 16.5. The summed E-state index contributed by atoms with van der Waals surface area (Å²) >= 11 is 0. The Kier molecular flexibility index (Phi) is 7.46. The van der Waals surface area contributed by atoms with Crippen molar-refractivity contribution in [2.24, 2.45) is 0 Å². The second-order valence-electron chi connectivity index (χ2n) is 14.2. The Morgan fingerprint density at radius 1 is 0.339 bits per heavy atom. The summed E-state index contributed by atoms with van der Waals surface area (Å²) in [5.74, 6) is 0. The number of hydrogen-bond donors (Lipinski definition) is 0. The van der Waals surface area contributed by atoms with Crippen molar-refractivity contribution in [3.05, 3.63) is 206 Å². The summed E-state index contributed by atoms with van der Waals surface area (Å²) in [6.45, 7) is 0. The Bertz CT molecular complexity index is 3160. The van der Waals surface area contributed by atoms with Gasteiger partial charge in [0.1, 0.15) is 0 Å². The Morgan fingerprint density at radius 3 is 1.71 bits per heavy atom. The van der Waals surface area contributed by atoms with Crippen LogP contribution >= 0.6 is 0 Å². The van der Waals surface area contributed by atoms with E-state index < -0.39 is 0 Å². The molecule has 56 heavy (non-hydrogen) atoms. The van der Waals surface area contributed by atoms with E-state index in [1.165, 1.54) is 32.9 Å². The summed E-state index contributed by atoms with van der Waals surface area (Å²) in [6.07, 6.45) is 1.89. The molecule has 0 saturated heterocycles. The monoisotopic (exact) mass is 714 g/mol. The minimum absolute atomic E-state index is 0.935. The molecule has 4 aromatic heterocycles. The Balaban J connectivity index is 1.08. The van der Waals surface area contributed by atoms with Crippen LogP contribution < -0.4 is 0 Å². The van der Waals surface area contributed by atoms with Gasteiger partial charge in [-0.1, -0.05) is 133 Å². The molecule has 0 radical (unpaired) electrons. The van der Waals surface area contributed by atoms with Gasteiger partial charge in [-0.2, -0.15) is 0 Å². The average Bonchev–Trinajstić information content (AvgIpc) is 3.80. The van der Waals surface area contributed by atoms with Gasteiger partial charge < -0.3 is 9.13 Å². The largest absolute Gasteiger partial charge is 0.309 e. The van der Waals surface area contributed by atoms with Crippen LogP contribution in [0.15, 0.2) is 206 Å². The molecule has 11 rings (SSSR count). The molecule has 0 saturated carbocycles. The maximum absolute atomic E-state index is 5.19. The lowest BCUT2D eigenvalue weighted by atomic mass is 10.00. The zero-order chi connectivity index (χ0) is 37.0. The SMILES string of the molecule is c1ccc(-c2cc(-c3ccccc3)nc(-c3ccc(-n4c5cc(-c6cccc7c8ccccc8n(-c8ccccc8)c67)ccc5c5ncccc54)cc3)c2)cc1. The van der Waals surface area contributed by atoms with Gasteiger partial charge in [-0.15, -0.1) is 0 Å². The number of fused-ring (bicyclic) bond motifs is 6. The smallest absolute Gasteiger partial charge is 0.0963 e. The van der Waals surface area contributed by atoms with Crippen LogP contribution in [-0.4, -0.2) is 19.1 Å². The van der Waals surface area contributed by atoms with Gasteiger partial charge in [-0.05, 0) is 83.4 Å². The lowest BCUT2D eigenvalue weighted by Crippen LogP contribution is -1.96. The van der Waals surface area contributed by atoms with E-state index in [0.29, 0.717) is 0 Å². The molecule has 0 atom stereocenters. The van der Waals surface area contributed by atoms with Crippen molar-refractivity contribution < 1.29 is 0 Å². The van der Waals surface area contributed by atoms with Crippen LogP contribution in [0.2, 0.25) is 0 Å². The quantitative estimate of drug-likeness (QED) is 0.172. The maximum atomic E-state index is 5.19. The third-order valence-corrected chi connectivity index (χ3v) is 11.0. The number of nitrogens with zero attached hydrogens (tertiary/aromatic N) is 4. The van der Waals surface area contributed by atoms with E-state index in [2.05, 4.69) is 197 Å². The fourth-order valence-corrected chi connectivity index (χ4v) is 8.39. The number of benzene rings is 7.